The van der Waals surface area contributed by atoms with Gasteiger partial charge in [0.05, 0.1) is 28.5 Å². The molecule has 1 aromatic heterocycles. The summed E-state index contributed by atoms with van der Waals surface area (Å²) in [6.07, 6.45) is 1.86. The fraction of sp³-hybridized carbons (Fsp3) is 0.345. The van der Waals surface area contributed by atoms with Gasteiger partial charge < -0.3 is 9.64 Å². The Labute approximate surface area is 226 Å². The number of halogens is 1. The Balaban J connectivity index is 1.82. The van der Waals surface area contributed by atoms with Gasteiger partial charge >= 0.3 is 0 Å². The predicted molar refractivity (Wildman–Crippen MR) is 150 cm³/mol. The van der Waals surface area contributed by atoms with Crippen LogP contribution in [0.5, 0.6) is 5.75 Å². The van der Waals surface area contributed by atoms with E-state index in [0.717, 1.165) is 16.9 Å². The van der Waals surface area contributed by atoms with Gasteiger partial charge in [-0.25, -0.2) is 4.99 Å². The van der Waals surface area contributed by atoms with Crippen LogP contribution < -0.4 is 19.6 Å². The number of carbonyl (C=O) groups is 1. The van der Waals surface area contributed by atoms with E-state index in [2.05, 4.69) is 13.8 Å². The van der Waals surface area contributed by atoms with Crippen molar-refractivity contribution in [1.82, 2.24) is 9.47 Å². The SMILES string of the molecule is CCN(CC)C(=O)C1=C(C)N=c2s/c(=C\c3ccc(OCC(C)C)cc3)c(=O)n2[C@H]1c1ccc(Cl)cc1. The van der Waals surface area contributed by atoms with Crippen molar-refractivity contribution in [2.45, 2.75) is 40.7 Å². The van der Waals surface area contributed by atoms with E-state index in [9.17, 15) is 9.59 Å². The highest BCUT2D eigenvalue weighted by atomic mass is 35.5. The zero-order valence-electron chi connectivity index (χ0n) is 21.8. The van der Waals surface area contributed by atoms with Crippen molar-refractivity contribution < 1.29 is 9.53 Å². The van der Waals surface area contributed by atoms with Crippen LogP contribution in [0.4, 0.5) is 0 Å². The van der Waals surface area contributed by atoms with Crippen molar-refractivity contribution >= 4 is 34.9 Å². The van der Waals surface area contributed by atoms with E-state index in [1.54, 1.807) is 21.6 Å². The second kappa shape index (κ2) is 11.5. The monoisotopic (exact) mass is 537 g/mol. The van der Waals surface area contributed by atoms with Gasteiger partial charge in [-0.05, 0) is 68.2 Å². The van der Waals surface area contributed by atoms with Crippen molar-refractivity contribution in [2.75, 3.05) is 19.7 Å². The van der Waals surface area contributed by atoms with Crippen molar-refractivity contribution in [1.29, 1.82) is 0 Å². The van der Waals surface area contributed by atoms with E-state index in [1.807, 2.05) is 63.2 Å². The van der Waals surface area contributed by atoms with E-state index in [4.69, 9.17) is 21.3 Å². The maximum atomic E-state index is 13.8. The fourth-order valence-corrected chi connectivity index (χ4v) is 5.48. The molecule has 3 aromatic rings. The molecule has 0 N–H and O–H groups in total. The van der Waals surface area contributed by atoms with Crippen LogP contribution in [0.2, 0.25) is 5.02 Å². The lowest BCUT2D eigenvalue weighted by atomic mass is 9.94. The molecule has 0 fully saturated rings. The Kier molecular flexibility index (Phi) is 8.35. The van der Waals surface area contributed by atoms with Gasteiger partial charge in [-0.1, -0.05) is 61.1 Å². The molecule has 6 nitrogen and oxygen atoms in total. The minimum absolute atomic E-state index is 0.113. The molecule has 0 radical (unpaired) electrons. The summed E-state index contributed by atoms with van der Waals surface area (Å²) in [6.45, 7) is 11.7. The number of thiazole rings is 1. The van der Waals surface area contributed by atoms with Gasteiger partial charge in [0.15, 0.2) is 4.80 Å². The quantitative estimate of drug-likeness (QED) is 0.415. The molecule has 0 spiro atoms. The summed E-state index contributed by atoms with van der Waals surface area (Å²) in [5.74, 6) is 1.12. The summed E-state index contributed by atoms with van der Waals surface area (Å²) in [4.78, 5) is 34.4. The van der Waals surface area contributed by atoms with E-state index >= 15 is 0 Å². The number of rotatable bonds is 8. The Morgan fingerprint density at radius 2 is 1.78 bits per heavy atom. The average molecular weight is 538 g/mol. The maximum absolute atomic E-state index is 13.8. The molecular weight excluding hydrogens is 506 g/mol. The third-order valence-corrected chi connectivity index (χ3v) is 7.48. The smallest absolute Gasteiger partial charge is 0.271 e. The van der Waals surface area contributed by atoms with Crippen molar-refractivity contribution in [2.24, 2.45) is 10.9 Å². The first-order valence-electron chi connectivity index (χ1n) is 12.5. The highest BCUT2D eigenvalue weighted by molar-refractivity contribution is 7.07. The molecule has 1 atom stereocenters. The Morgan fingerprint density at radius 3 is 2.38 bits per heavy atom. The molecule has 0 saturated heterocycles. The van der Waals surface area contributed by atoms with Crippen molar-refractivity contribution in [3.63, 3.8) is 0 Å². The number of likely N-dealkylation sites (N-methyl/N-ethyl adjacent to an activating group) is 1. The van der Waals surface area contributed by atoms with Gasteiger partial charge in [-0.15, -0.1) is 0 Å². The highest BCUT2D eigenvalue weighted by Gasteiger charge is 2.34. The standard InChI is InChI=1S/C29H32ClN3O3S/c1-6-32(7-2)28(35)25-19(5)31-29-33(26(25)21-10-12-22(30)13-11-21)27(34)24(37-29)16-20-8-14-23(15-9-20)36-17-18(3)4/h8-16,18,26H,6-7,17H2,1-5H3/b24-16-/t26-/m0/s1. The minimum Gasteiger partial charge on any atom is -0.493 e. The van der Waals surface area contributed by atoms with Gasteiger partial charge in [0.1, 0.15) is 5.75 Å². The predicted octanol–water partition coefficient (Wildman–Crippen LogP) is 4.79. The van der Waals surface area contributed by atoms with E-state index in [-0.39, 0.29) is 11.5 Å². The van der Waals surface area contributed by atoms with E-state index < -0.39 is 6.04 Å². The third kappa shape index (κ3) is 5.73. The first-order valence-corrected chi connectivity index (χ1v) is 13.7. The minimum atomic E-state index is -0.587. The Bertz CT molecular complexity index is 1480. The molecule has 1 aliphatic heterocycles. The van der Waals surface area contributed by atoms with Crippen LogP contribution in [0.3, 0.4) is 0 Å². The molecule has 0 aliphatic carbocycles. The van der Waals surface area contributed by atoms with E-state index in [1.165, 1.54) is 11.3 Å². The van der Waals surface area contributed by atoms with Gasteiger partial charge in [0.25, 0.3) is 11.5 Å². The van der Waals surface area contributed by atoms with Crippen LogP contribution in [-0.4, -0.2) is 35.1 Å². The van der Waals surface area contributed by atoms with Crippen molar-refractivity contribution in [3.05, 3.63) is 95.6 Å². The lowest BCUT2D eigenvalue weighted by Crippen LogP contribution is -2.43. The number of hydrogen-bond acceptors (Lipinski definition) is 5. The molecule has 0 unspecified atom stereocenters. The van der Waals surface area contributed by atoms with Gasteiger partial charge in [-0.2, -0.15) is 0 Å². The zero-order valence-corrected chi connectivity index (χ0v) is 23.4. The molecule has 194 valence electrons. The lowest BCUT2D eigenvalue weighted by Gasteiger charge is -2.29. The molecule has 0 bridgehead atoms. The topological polar surface area (TPSA) is 63.9 Å². The first-order chi connectivity index (χ1) is 17.7. The summed E-state index contributed by atoms with van der Waals surface area (Å²) < 4.78 is 7.97. The van der Waals surface area contributed by atoms with Crippen LogP contribution in [0.1, 0.15) is 51.8 Å². The van der Waals surface area contributed by atoms with Crippen LogP contribution in [0, 0.1) is 5.92 Å². The number of nitrogens with zero attached hydrogens (tertiary/aromatic N) is 3. The summed E-state index contributed by atoms with van der Waals surface area (Å²) in [5, 5.41) is 0.592. The third-order valence-electron chi connectivity index (χ3n) is 6.25. The molecule has 37 heavy (non-hydrogen) atoms. The summed E-state index contributed by atoms with van der Waals surface area (Å²) >= 11 is 7.49. The van der Waals surface area contributed by atoms with Gasteiger partial charge in [0, 0.05) is 18.1 Å². The largest absolute Gasteiger partial charge is 0.493 e. The number of hydrogen-bond donors (Lipinski definition) is 0. The number of ether oxygens (including phenoxy) is 1. The van der Waals surface area contributed by atoms with Gasteiger partial charge in [0.2, 0.25) is 0 Å². The average Bonchev–Trinajstić information content (AvgIpc) is 3.18. The summed E-state index contributed by atoms with van der Waals surface area (Å²) in [6, 6.07) is 14.4. The number of carbonyl (C=O) groups excluding carboxylic acids is 1. The molecule has 8 heteroatoms. The van der Waals surface area contributed by atoms with E-state index in [0.29, 0.717) is 51.2 Å². The molecule has 1 aliphatic rings. The molecule has 1 amide bonds. The number of benzene rings is 2. The van der Waals surface area contributed by atoms with Crippen LogP contribution in [-0.2, 0) is 4.79 Å². The number of aromatic nitrogens is 1. The second-order valence-corrected chi connectivity index (χ2v) is 10.8. The van der Waals surface area contributed by atoms with Crippen molar-refractivity contribution in [3.8, 4) is 5.75 Å². The highest BCUT2D eigenvalue weighted by Crippen LogP contribution is 2.31. The zero-order chi connectivity index (χ0) is 26.7. The van der Waals surface area contributed by atoms with Crippen LogP contribution in [0.15, 0.2) is 69.6 Å². The summed E-state index contributed by atoms with van der Waals surface area (Å²) in [5.41, 5.74) is 2.66. The van der Waals surface area contributed by atoms with Crippen LogP contribution in [0.25, 0.3) is 6.08 Å². The van der Waals surface area contributed by atoms with Crippen LogP contribution >= 0.6 is 22.9 Å². The fourth-order valence-electron chi connectivity index (χ4n) is 4.31. The lowest BCUT2D eigenvalue weighted by molar-refractivity contribution is -0.127. The Morgan fingerprint density at radius 1 is 1.14 bits per heavy atom. The second-order valence-electron chi connectivity index (χ2n) is 9.38. The number of allylic oxidation sites excluding steroid dienone is 1. The van der Waals surface area contributed by atoms with Gasteiger partial charge in [-0.3, -0.25) is 14.2 Å². The molecule has 0 saturated carbocycles. The number of amides is 1. The Hall–Kier alpha value is -3.16. The summed E-state index contributed by atoms with van der Waals surface area (Å²) in [7, 11) is 0. The maximum Gasteiger partial charge on any atom is 0.271 e. The molecule has 4 rings (SSSR count). The molecule has 2 aromatic carbocycles. The molecular formula is C29H32ClN3O3S. The normalized spacial score (nSPS) is 15.5. The first kappa shape index (κ1) is 26.9. The number of fused-ring (bicyclic) bond motifs is 1. The molecule has 2 heterocycles.